The van der Waals surface area contributed by atoms with Crippen molar-refractivity contribution >= 4 is 35.6 Å². The number of nitrogens with one attached hydrogen (secondary N) is 1. The minimum atomic E-state index is 0. The molecule has 7 heteroatoms. The van der Waals surface area contributed by atoms with E-state index in [9.17, 15) is 0 Å². The lowest BCUT2D eigenvalue weighted by Crippen LogP contribution is -2.40. The summed E-state index contributed by atoms with van der Waals surface area (Å²) in [5.74, 6) is 2.09. The fourth-order valence-corrected chi connectivity index (χ4v) is 4.24. The molecule has 0 amide bonds. The number of halogens is 1. The number of rotatable bonds is 6. The number of nitrogens with zero attached hydrogens (tertiary/aromatic N) is 4. The number of anilines is 1. The Morgan fingerprint density at radius 2 is 1.87 bits per heavy atom. The van der Waals surface area contributed by atoms with Gasteiger partial charge in [-0.15, -0.1) is 24.0 Å². The maximum absolute atomic E-state index is 5.31. The molecule has 1 atom stereocenters. The number of hydrogen-bond donors (Lipinski definition) is 1. The van der Waals surface area contributed by atoms with Gasteiger partial charge >= 0.3 is 0 Å². The smallest absolute Gasteiger partial charge is 0.193 e. The van der Waals surface area contributed by atoms with Crippen LogP contribution in [-0.2, 0) is 6.54 Å². The van der Waals surface area contributed by atoms with Crippen LogP contribution in [0.2, 0.25) is 0 Å². The van der Waals surface area contributed by atoms with E-state index in [0.717, 1.165) is 30.5 Å². The first-order chi connectivity index (χ1) is 14.0. The van der Waals surface area contributed by atoms with Crippen molar-refractivity contribution in [3.05, 3.63) is 46.8 Å². The summed E-state index contributed by atoms with van der Waals surface area (Å²) in [4.78, 5) is 9.11. The molecule has 1 aliphatic rings. The summed E-state index contributed by atoms with van der Waals surface area (Å²) in [6.07, 6.45) is 3.97. The van der Waals surface area contributed by atoms with Gasteiger partial charge in [0, 0.05) is 57.4 Å². The van der Waals surface area contributed by atoms with Crippen LogP contribution >= 0.6 is 24.0 Å². The van der Waals surface area contributed by atoms with Gasteiger partial charge in [-0.05, 0) is 50.8 Å². The van der Waals surface area contributed by atoms with Crippen LogP contribution in [0.5, 0.6) is 0 Å². The van der Waals surface area contributed by atoms with Crippen molar-refractivity contribution in [1.82, 2.24) is 15.4 Å². The van der Waals surface area contributed by atoms with Crippen LogP contribution in [0.4, 0.5) is 5.69 Å². The average Bonchev–Trinajstić information content (AvgIpc) is 3.07. The Kier molecular flexibility index (Phi) is 9.45. The first-order valence-corrected chi connectivity index (χ1v) is 10.7. The highest BCUT2D eigenvalue weighted by Crippen LogP contribution is 2.23. The number of benzene rings is 1. The van der Waals surface area contributed by atoms with Crippen LogP contribution in [-0.4, -0.2) is 49.7 Å². The Balaban J connectivity index is 0.00000320. The third-order valence-corrected chi connectivity index (χ3v) is 5.80. The van der Waals surface area contributed by atoms with Gasteiger partial charge in [-0.2, -0.15) is 0 Å². The predicted molar refractivity (Wildman–Crippen MR) is 135 cm³/mol. The van der Waals surface area contributed by atoms with Gasteiger partial charge in [0.15, 0.2) is 5.96 Å². The molecule has 30 heavy (non-hydrogen) atoms. The molecule has 1 aromatic heterocycles. The summed E-state index contributed by atoms with van der Waals surface area (Å²) in [6.45, 7) is 10.1. The molecule has 6 nitrogen and oxygen atoms in total. The van der Waals surface area contributed by atoms with Gasteiger partial charge in [-0.25, -0.2) is 0 Å². The van der Waals surface area contributed by atoms with E-state index in [2.05, 4.69) is 63.5 Å². The molecule has 0 bridgehead atoms. The van der Waals surface area contributed by atoms with Gasteiger partial charge in [0.2, 0.25) is 0 Å². The molecule has 1 N–H and O–H groups in total. The third-order valence-electron chi connectivity index (χ3n) is 5.80. The normalized spacial score (nSPS) is 15.5. The van der Waals surface area contributed by atoms with E-state index in [1.807, 2.05) is 20.9 Å². The fraction of sp³-hybridized carbons (Fsp3) is 0.565. The molecule has 0 aliphatic carbocycles. The summed E-state index contributed by atoms with van der Waals surface area (Å²) < 4.78 is 5.31. The van der Waals surface area contributed by atoms with E-state index in [1.54, 1.807) is 0 Å². The van der Waals surface area contributed by atoms with Gasteiger partial charge in [0.25, 0.3) is 0 Å². The van der Waals surface area contributed by atoms with E-state index < -0.39 is 0 Å². The average molecular weight is 525 g/mol. The minimum absolute atomic E-state index is 0. The Hall–Kier alpha value is -1.77. The molecule has 1 aliphatic heterocycles. The van der Waals surface area contributed by atoms with Crippen LogP contribution in [0.1, 0.15) is 54.7 Å². The largest absolute Gasteiger partial charge is 0.372 e. The lowest BCUT2D eigenvalue weighted by atomic mass is 10.00. The predicted octanol–water partition coefficient (Wildman–Crippen LogP) is 4.71. The van der Waals surface area contributed by atoms with E-state index in [1.165, 1.54) is 49.2 Å². The zero-order valence-electron chi connectivity index (χ0n) is 18.9. The second kappa shape index (κ2) is 11.6. The van der Waals surface area contributed by atoms with Gasteiger partial charge < -0.3 is 19.6 Å². The molecular weight excluding hydrogens is 489 g/mol. The molecule has 1 aromatic carbocycles. The van der Waals surface area contributed by atoms with E-state index >= 15 is 0 Å². The fourth-order valence-electron chi connectivity index (χ4n) is 4.24. The van der Waals surface area contributed by atoms with Gasteiger partial charge in [0.05, 0.1) is 5.69 Å². The summed E-state index contributed by atoms with van der Waals surface area (Å²) in [6, 6.07) is 8.98. The molecule has 2 aromatic rings. The van der Waals surface area contributed by atoms with Crippen molar-refractivity contribution < 1.29 is 4.52 Å². The lowest BCUT2D eigenvalue weighted by molar-refractivity contribution is 0.391. The summed E-state index contributed by atoms with van der Waals surface area (Å²) in [5.41, 5.74) is 4.78. The number of hydrogen-bond acceptors (Lipinski definition) is 4. The van der Waals surface area contributed by atoms with E-state index in [-0.39, 0.29) is 24.0 Å². The van der Waals surface area contributed by atoms with E-state index in [0.29, 0.717) is 5.92 Å². The van der Waals surface area contributed by atoms with E-state index in [4.69, 9.17) is 4.52 Å². The highest BCUT2D eigenvalue weighted by Gasteiger charge is 2.17. The first-order valence-electron chi connectivity index (χ1n) is 10.7. The SMILES string of the molecule is CN=C(NCC(C)c1c(C)noc1C)N(C)Cc1ccc(N2CCCCC2)cc1.I. The van der Waals surface area contributed by atoms with Crippen molar-refractivity contribution in [3.8, 4) is 0 Å². The van der Waals surface area contributed by atoms with Gasteiger partial charge in [0.1, 0.15) is 5.76 Å². The van der Waals surface area contributed by atoms with Crippen molar-refractivity contribution in [2.75, 3.05) is 38.6 Å². The maximum Gasteiger partial charge on any atom is 0.193 e. The monoisotopic (exact) mass is 525 g/mol. The van der Waals surface area contributed by atoms with Crippen LogP contribution in [0.15, 0.2) is 33.8 Å². The molecule has 3 rings (SSSR count). The zero-order chi connectivity index (χ0) is 20.8. The van der Waals surface area contributed by atoms with Crippen molar-refractivity contribution in [2.45, 2.75) is 52.5 Å². The van der Waals surface area contributed by atoms with Crippen molar-refractivity contribution in [3.63, 3.8) is 0 Å². The molecule has 0 spiro atoms. The highest BCUT2D eigenvalue weighted by molar-refractivity contribution is 14.0. The first kappa shape index (κ1) is 24.5. The second-order valence-corrected chi connectivity index (χ2v) is 8.14. The summed E-state index contributed by atoms with van der Waals surface area (Å²) >= 11 is 0. The Morgan fingerprint density at radius 3 is 2.43 bits per heavy atom. The quantitative estimate of drug-likeness (QED) is 0.337. The molecular formula is C23H36IN5O. The molecule has 166 valence electrons. The van der Waals surface area contributed by atoms with Crippen LogP contribution in [0.25, 0.3) is 0 Å². The maximum atomic E-state index is 5.31. The topological polar surface area (TPSA) is 56.9 Å². The molecule has 0 radical (unpaired) electrons. The Bertz CT molecular complexity index is 792. The molecule has 0 saturated carbocycles. The van der Waals surface area contributed by atoms with Crippen LogP contribution in [0.3, 0.4) is 0 Å². The number of aryl methyl sites for hydroxylation is 2. The minimum Gasteiger partial charge on any atom is -0.372 e. The number of aromatic nitrogens is 1. The number of piperidine rings is 1. The third kappa shape index (κ3) is 6.12. The standard InChI is InChI=1S/C23H35N5O.HI/c1-17(22-18(2)26-29-19(22)3)15-25-23(24-4)27(5)16-20-9-11-21(12-10-20)28-13-7-6-8-14-28;/h9-12,17H,6-8,13-16H2,1-5H3,(H,24,25);1H. The lowest BCUT2D eigenvalue weighted by Gasteiger charge is -2.29. The van der Waals surface area contributed by atoms with Crippen molar-refractivity contribution in [2.24, 2.45) is 4.99 Å². The van der Waals surface area contributed by atoms with Crippen LogP contribution in [0, 0.1) is 13.8 Å². The summed E-state index contributed by atoms with van der Waals surface area (Å²) in [5, 5.41) is 7.56. The Morgan fingerprint density at radius 1 is 1.20 bits per heavy atom. The van der Waals surface area contributed by atoms with Gasteiger partial charge in [-0.1, -0.05) is 24.2 Å². The van der Waals surface area contributed by atoms with Crippen LogP contribution < -0.4 is 10.2 Å². The number of aliphatic imine (C=N–C) groups is 1. The zero-order valence-corrected chi connectivity index (χ0v) is 21.3. The van der Waals surface area contributed by atoms with Gasteiger partial charge in [-0.3, -0.25) is 4.99 Å². The molecule has 1 fully saturated rings. The second-order valence-electron chi connectivity index (χ2n) is 8.14. The summed E-state index contributed by atoms with van der Waals surface area (Å²) in [7, 11) is 3.91. The molecule has 1 saturated heterocycles. The molecule has 1 unspecified atom stereocenters. The van der Waals surface area contributed by atoms with Crippen molar-refractivity contribution in [1.29, 1.82) is 0 Å². The Labute approximate surface area is 198 Å². The molecule has 2 heterocycles. The highest BCUT2D eigenvalue weighted by atomic mass is 127. The number of guanidine groups is 1.